The van der Waals surface area contributed by atoms with Gasteiger partial charge in [-0.1, -0.05) is 28.1 Å². The summed E-state index contributed by atoms with van der Waals surface area (Å²) in [5.74, 6) is 0.158. The molecular weight excluding hydrogens is 316 g/mol. The Morgan fingerprint density at radius 2 is 2.11 bits per heavy atom. The van der Waals surface area contributed by atoms with Gasteiger partial charge in [0.15, 0.2) is 0 Å². The molecule has 0 unspecified atom stereocenters. The molecule has 0 spiro atoms. The van der Waals surface area contributed by atoms with Crippen molar-refractivity contribution in [1.29, 1.82) is 0 Å². The maximum atomic E-state index is 12.2. The summed E-state index contributed by atoms with van der Waals surface area (Å²) in [7, 11) is 1.88. The molecule has 100 valence electrons. The van der Waals surface area contributed by atoms with E-state index in [1.54, 1.807) is 0 Å². The minimum Gasteiger partial charge on any atom is -0.354 e. The van der Waals surface area contributed by atoms with Crippen LogP contribution in [0.25, 0.3) is 0 Å². The van der Waals surface area contributed by atoms with Gasteiger partial charge in [0.2, 0.25) is 5.91 Å². The number of carbonyl (C=O) groups is 1. The highest BCUT2D eigenvalue weighted by atomic mass is 79.9. The van der Waals surface area contributed by atoms with E-state index in [1.165, 1.54) is 0 Å². The van der Waals surface area contributed by atoms with Crippen LogP contribution in [0.1, 0.15) is 18.4 Å². The predicted octanol–water partition coefficient (Wildman–Crippen LogP) is 2.24. The Kier molecular flexibility index (Phi) is 5.63. The molecule has 1 fully saturated rings. The molecule has 2 rings (SSSR count). The molecule has 0 atom stereocenters. The van der Waals surface area contributed by atoms with Crippen molar-refractivity contribution >= 4 is 34.2 Å². The summed E-state index contributed by atoms with van der Waals surface area (Å²) in [5, 5.41) is 6.01. The fourth-order valence-corrected chi connectivity index (χ4v) is 2.43. The van der Waals surface area contributed by atoms with Crippen molar-refractivity contribution in [2.75, 3.05) is 20.1 Å². The molecule has 3 nitrogen and oxygen atoms in total. The summed E-state index contributed by atoms with van der Waals surface area (Å²) in [6.07, 6.45) is 1.91. The molecular formula is C13H18BrClN2O. The fraction of sp³-hybridized carbons (Fsp3) is 0.462. The van der Waals surface area contributed by atoms with Crippen LogP contribution >= 0.6 is 28.3 Å². The number of hydrogen-bond donors (Lipinski definition) is 2. The number of rotatable bonds is 5. The smallest absolute Gasteiger partial charge is 0.230 e. The van der Waals surface area contributed by atoms with E-state index < -0.39 is 0 Å². The number of likely N-dealkylation sites (N-methyl/N-ethyl adjacent to an activating group) is 1. The van der Waals surface area contributed by atoms with Crippen LogP contribution in [-0.4, -0.2) is 26.0 Å². The van der Waals surface area contributed by atoms with E-state index in [0.29, 0.717) is 6.54 Å². The largest absolute Gasteiger partial charge is 0.354 e. The van der Waals surface area contributed by atoms with E-state index in [4.69, 9.17) is 0 Å². The summed E-state index contributed by atoms with van der Waals surface area (Å²) < 4.78 is 1.03. The van der Waals surface area contributed by atoms with Crippen molar-refractivity contribution in [2.45, 2.75) is 18.3 Å². The summed E-state index contributed by atoms with van der Waals surface area (Å²) in [6, 6.07) is 8.05. The monoisotopic (exact) mass is 332 g/mol. The van der Waals surface area contributed by atoms with Gasteiger partial charge in [-0.15, -0.1) is 12.4 Å². The third-order valence-corrected chi connectivity index (χ3v) is 3.72. The van der Waals surface area contributed by atoms with Crippen LogP contribution in [0.15, 0.2) is 28.7 Å². The van der Waals surface area contributed by atoms with Crippen molar-refractivity contribution in [1.82, 2.24) is 10.6 Å². The molecule has 0 saturated heterocycles. The van der Waals surface area contributed by atoms with Crippen molar-refractivity contribution < 1.29 is 4.79 Å². The van der Waals surface area contributed by atoms with Gasteiger partial charge >= 0.3 is 0 Å². The van der Waals surface area contributed by atoms with E-state index in [0.717, 1.165) is 29.4 Å². The Morgan fingerprint density at radius 3 is 2.67 bits per heavy atom. The maximum absolute atomic E-state index is 12.2. The van der Waals surface area contributed by atoms with Gasteiger partial charge in [-0.25, -0.2) is 0 Å². The van der Waals surface area contributed by atoms with Crippen molar-refractivity contribution in [3.8, 4) is 0 Å². The van der Waals surface area contributed by atoms with E-state index in [-0.39, 0.29) is 23.7 Å². The minimum absolute atomic E-state index is 0. The summed E-state index contributed by atoms with van der Waals surface area (Å²) in [4.78, 5) is 12.2. The second kappa shape index (κ2) is 6.55. The highest BCUT2D eigenvalue weighted by Gasteiger charge is 2.51. The molecule has 5 heteroatoms. The topological polar surface area (TPSA) is 41.1 Å². The van der Waals surface area contributed by atoms with E-state index >= 15 is 0 Å². The lowest BCUT2D eigenvalue weighted by Gasteiger charge is -2.16. The van der Waals surface area contributed by atoms with Gasteiger partial charge in [-0.3, -0.25) is 4.79 Å². The minimum atomic E-state index is -0.266. The SMILES string of the molecule is CNCCNC(=O)C1(c2cccc(Br)c2)CC1.Cl. The van der Waals surface area contributed by atoms with E-state index in [1.807, 2.05) is 31.3 Å². The van der Waals surface area contributed by atoms with Crippen molar-refractivity contribution in [2.24, 2.45) is 0 Å². The first-order chi connectivity index (χ1) is 8.19. The molecule has 18 heavy (non-hydrogen) atoms. The lowest BCUT2D eigenvalue weighted by molar-refractivity contribution is -0.123. The maximum Gasteiger partial charge on any atom is 0.230 e. The van der Waals surface area contributed by atoms with Crippen molar-refractivity contribution in [3.05, 3.63) is 34.3 Å². The first-order valence-electron chi connectivity index (χ1n) is 5.88. The average molecular weight is 334 g/mol. The van der Waals surface area contributed by atoms with Crippen LogP contribution in [0.4, 0.5) is 0 Å². The van der Waals surface area contributed by atoms with Crippen LogP contribution in [0.2, 0.25) is 0 Å². The van der Waals surface area contributed by atoms with Gasteiger partial charge in [-0.2, -0.15) is 0 Å². The lowest BCUT2D eigenvalue weighted by Crippen LogP contribution is -2.38. The van der Waals surface area contributed by atoms with Gasteiger partial charge in [0, 0.05) is 17.6 Å². The highest BCUT2D eigenvalue weighted by Crippen LogP contribution is 2.48. The Labute approximate surface area is 122 Å². The summed E-state index contributed by atoms with van der Waals surface area (Å²) in [5.41, 5.74) is 0.853. The normalized spacial score (nSPS) is 15.7. The molecule has 0 heterocycles. The zero-order valence-electron chi connectivity index (χ0n) is 10.3. The number of benzene rings is 1. The molecule has 1 amide bonds. The fourth-order valence-electron chi connectivity index (χ4n) is 2.03. The van der Waals surface area contributed by atoms with Gasteiger partial charge in [0.05, 0.1) is 5.41 Å². The van der Waals surface area contributed by atoms with E-state index in [9.17, 15) is 4.79 Å². The number of hydrogen-bond acceptors (Lipinski definition) is 2. The zero-order chi connectivity index (χ0) is 12.3. The zero-order valence-corrected chi connectivity index (χ0v) is 12.7. The second-order valence-corrected chi connectivity index (χ2v) is 5.37. The average Bonchev–Trinajstić information content (AvgIpc) is 3.10. The number of halogens is 2. The number of amides is 1. The predicted molar refractivity (Wildman–Crippen MR) is 79.2 cm³/mol. The Morgan fingerprint density at radius 1 is 1.39 bits per heavy atom. The Balaban J connectivity index is 0.00000162. The number of carbonyl (C=O) groups excluding carboxylic acids is 1. The van der Waals surface area contributed by atoms with Gasteiger partial charge in [0.25, 0.3) is 0 Å². The molecule has 2 N–H and O–H groups in total. The van der Waals surface area contributed by atoms with Gasteiger partial charge in [-0.05, 0) is 37.6 Å². The molecule has 1 aromatic rings. The molecule has 0 aliphatic heterocycles. The van der Waals surface area contributed by atoms with Crippen LogP contribution in [0.5, 0.6) is 0 Å². The summed E-state index contributed by atoms with van der Waals surface area (Å²) in [6.45, 7) is 1.49. The molecule has 1 aliphatic carbocycles. The van der Waals surface area contributed by atoms with Crippen LogP contribution in [0.3, 0.4) is 0 Å². The molecule has 1 saturated carbocycles. The van der Waals surface area contributed by atoms with Gasteiger partial charge in [0.1, 0.15) is 0 Å². The first kappa shape index (κ1) is 15.5. The molecule has 0 aromatic heterocycles. The van der Waals surface area contributed by atoms with Crippen LogP contribution in [0, 0.1) is 0 Å². The van der Waals surface area contributed by atoms with Crippen molar-refractivity contribution in [3.63, 3.8) is 0 Å². The summed E-state index contributed by atoms with van der Waals surface area (Å²) >= 11 is 3.45. The third kappa shape index (κ3) is 3.25. The highest BCUT2D eigenvalue weighted by molar-refractivity contribution is 9.10. The Bertz CT molecular complexity index is 421. The molecule has 1 aliphatic rings. The van der Waals surface area contributed by atoms with Gasteiger partial charge < -0.3 is 10.6 Å². The van der Waals surface area contributed by atoms with E-state index in [2.05, 4.69) is 26.6 Å². The second-order valence-electron chi connectivity index (χ2n) is 4.45. The quantitative estimate of drug-likeness (QED) is 0.812. The number of nitrogens with one attached hydrogen (secondary N) is 2. The lowest BCUT2D eigenvalue weighted by atomic mass is 9.95. The molecule has 0 bridgehead atoms. The third-order valence-electron chi connectivity index (χ3n) is 3.22. The first-order valence-corrected chi connectivity index (χ1v) is 6.67. The standard InChI is InChI=1S/C13H17BrN2O.ClH/c1-15-7-8-16-12(17)13(5-6-13)10-3-2-4-11(14)9-10;/h2-4,9,15H,5-8H2,1H3,(H,16,17);1H. The van der Waals surface area contributed by atoms with Crippen LogP contribution in [-0.2, 0) is 10.2 Å². The Hall–Kier alpha value is -0.580. The van der Waals surface area contributed by atoms with Crippen LogP contribution < -0.4 is 10.6 Å². The molecule has 1 aromatic carbocycles. The molecule has 0 radical (unpaired) electrons.